The number of β-amino-alcohol motifs (C(OH)–C–C–N with tert-alkyl or cyclic N) is 1. The number of carbonyl (C=O) groups excluding carboxylic acids is 2. The number of anilines is 1. The topological polar surface area (TPSA) is 105 Å². The lowest BCUT2D eigenvalue weighted by molar-refractivity contribution is -0.117. The molecular weight excluding hydrogens is 382 g/mol. The highest BCUT2D eigenvalue weighted by molar-refractivity contribution is 6.33. The summed E-state index contributed by atoms with van der Waals surface area (Å²) in [6.07, 6.45) is 2.31. The molecule has 0 spiro atoms. The SMILES string of the molecule is CC(=O)CCCN1CC[C@@H](CNC(=O)c2cc(Cl)c(N)c3c2OCC3)[C@@H](O)C1. The largest absolute Gasteiger partial charge is 0.492 e. The first-order chi connectivity index (χ1) is 13.4. The van der Waals surface area contributed by atoms with Crippen molar-refractivity contribution in [1.29, 1.82) is 0 Å². The lowest BCUT2D eigenvalue weighted by Gasteiger charge is -2.36. The molecule has 0 bridgehead atoms. The van der Waals surface area contributed by atoms with Crippen LogP contribution in [0.5, 0.6) is 5.75 Å². The minimum atomic E-state index is -0.511. The molecule has 1 aromatic carbocycles. The van der Waals surface area contributed by atoms with E-state index in [-0.39, 0.29) is 17.6 Å². The Bertz CT molecular complexity index is 755. The highest BCUT2D eigenvalue weighted by atomic mass is 35.5. The number of benzene rings is 1. The van der Waals surface area contributed by atoms with E-state index in [9.17, 15) is 14.7 Å². The van der Waals surface area contributed by atoms with Gasteiger partial charge in [0.1, 0.15) is 11.5 Å². The maximum absolute atomic E-state index is 12.7. The zero-order valence-electron chi connectivity index (χ0n) is 16.2. The summed E-state index contributed by atoms with van der Waals surface area (Å²) in [4.78, 5) is 25.9. The van der Waals surface area contributed by atoms with Gasteiger partial charge in [-0.3, -0.25) is 4.79 Å². The molecule has 4 N–H and O–H groups in total. The Morgan fingerprint density at radius 3 is 2.96 bits per heavy atom. The summed E-state index contributed by atoms with van der Waals surface area (Å²) in [7, 11) is 0. The number of likely N-dealkylation sites (tertiary alicyclic amines) is 1. The molecule has 0 unspecified atom stereocenters. The molecule has 1 fully saturated rings. The molecule has 0 radical (unpaired) electrons. The highest BCUT2D eigenvalue weighted by Crippen LogP contribution is 2.38. The highest BCUT2D eigenvalue weighted by Gasteiger charge is 2.29. The summed E-state index contributed by atoms with van der Waals surface area (Å²) in [6, 6.07) is 1.55. The molecule has 2 heterocycles. The third-order valence-corrected chi connectivity index (χ3v) is 5.86. The monoisotopic (exact) mass is 409 g/mol. The van der Waals surface area contributed by atoms with Gasteiger partial charge in [-0.05, 0) is 38.9 Å². The Hall–Kier alpha value is -1.83. The fourth-order valence-corrected chi connectivity index (χ4v) is 4.12. The van der Waals surface area contributed by atoms with Crippen molar-refractivity contribution >= 4 is 29.0 Å². The smallest absolute Gasteiger partial charge is 0.255 e. The van der Waals surface area contributed by atoms with Crippen LogP contribution in [0.3, 0.4) is 0 Å². The van der Waals surface area contributed by atoms with Crippen molar-refractivity contribution in [1.82, 2.24) is 10.2 Å². The van der Waals surface area contributed by atoms with E-state index in [1.165, 1.54) is 0 Å². The first-order valence-corrected chi connectivity index (χ1v) is 10.2. The zero-order valence-corrected chi connectivity index (χ0v) is 16.9. The number of hydrogen-bond donors (Lipinski definition) is 3. The summed E-state index contributed by atoms with van der Waals surface area (Å²) in [5.41, 5.74) is 7.63. The van der Waals surface area contributed by atoms with Crippen molar-refractivity contribution in [2.75, 3.05) is 38.5 Å². The second kappa shape index (κ2) is 9.11. The Kier molecular flexibility index (Phi) is 6.80. The minimum Gasteiger partial charge on any atom is -0.492 e. The van der Waals surface area contributed by atoms with Crippen LogP contribution in [0.25, 0.3) is 0 Å². The molecule has 0 aliphatic carbocycles. The van der Waals surface area contributed by atoms with E-state index in [0.717, 1.165) is 31.5 Å². The number of nitrogens with two attached hydrogens (primary N) is 1. The zero-order chi connectivity index (χ0) is 20.3. The number of piperidine rings is 1. The lowest BCUT2D eigenvalue weighted by Crippen LogP contribution is -2.47. The Morgan fingerprint density at radius 2 is 2.25 bits per heavy atom. The van der Waals surface area contributed by atoms with Gasteiger partial charge < -0.3 is 30.6 Å². The van der Waals surface area contributed by atoms with Crippen molar-refractivity contribution in [3.8, 4) is 5.75 Å². The number of nitrogens with zero attached hydrogens (tertiary/aromatic N) is 1. The number of amides is 1. The first kappa shape index (κ1) is 20.9. The van der Waals surface area contributed by atoms with Crippen LogP contribution < -0.4 is 15.8 Å². The normalized spacial score (nSPS) is 21.8. The summed E-state index contributed by atoms with van der Waals surface area (Å²) in [6.45, 7) is 4.69. The summed E-state index contributed by atoms with van der Waals surface area (Å²) < 4.78 is 5.59. The number of halogens is 1. The van der Waals surface area contributed by atoms with Gasteiger partial charge in [-0.15, -0.1) is 0 Å². The molecule has 0 aromatic heterocycles. The van der Waals surface area contributed by atoms with Gasteiger partial charge in [-0.25, -0.2) is 0 Å². The second-order valence-electron chi connectivity index (χ2n) is 7.66. The fraction of sp³-hybridized carbons (Fsp3) is 0.600. The number of aliphatic hydroxyl groups excluding tert-OH is 1. The Balaban J connectivity index is 1.53. The van der Waals surface area contributed by atoms with Crippen LogP contribution in [0.1, 0.15) is 42.1 Å². The molecule has 7 nitrogen and oxygen atoms in total. The Morgan fingerprint density at radius 1 is 1.46 bits per heavy atom. The molecule has 28 heavy (non-hydrogen) atoms. The summed E-state index contributed by atoms with van der Waals surface area (Å²) in [5, 5.41) is 13.7. The van der Waals surface area contributed by atoms with E-state index in [2.05, 4.69) is 10.2 Å². The van der Waals surface area contributed by atoms with E-state index in [1.807, 2.05) is 0 Å². The molecular formula is C20H28ClN3O4. The predicted octanol–water partition coefficient (Wildman–Crippen LogP) is 1.64. The van der Waals surface area contributed by atoms with Crippen LogP contribution in [0.2, 0.25) is 5.02 Å². The van der Waals surface area contributed by atoms with Crippen LogP contribution in [0, 0.1) is 5.92 Å². The van der Waals surface area contributed by atoms with Crippen molar-refractivity contribution in [2.45, 2.75) is 38.7 Å². The maximum Gasteiger partial charge on any atom is 0.255 e. The van der Waals surface area contributed by atoms with E-state index >= 15 is 0 Å². The second-order valence-corrected chi connectivity index (χ2v) is 8.07. The fourth-order valence-electron chi connectivity index (χ4n) is 3.89. The van der Waals surface area contributed by atoms with Gasteiger partial charge in [0.2, 0.25) is 0 Å². The number of aliphatic hydroxyl groups is 1. The number of hydrogen-bond acceptors (Lipinski definition) is 6. The van der Waals surface area contributed by atoms with Gasteiger partial charge in [0.05, 0.1) is 29.0 Å². The van der Waals surface area contributed by atoms with Crippen LogP contribution in [-0.4, -0.2) is 60.6 Å². The number of nitrogens with one attached hydrogen (secondary N) is 1. The predicted molar refractivity (Wildman–Crippen MR) is 108 cm³/mol. The molecule has 8 heteroatoms. The van der Waals surface area contributed by atoms with Crippen molar-refractivity contribution in [2.24, 2.45) is 5.92 Å². The number of ketones is 1. The number of nitrogen functional groups attached to an aromatic ring is 1. The standard InChI is InChI=1S/C20H28ClN3O4/c1-12(25)3-2-6-24-7-4-13(17(26)11-24)10-23-20(27)15-9-16(21)18(22)14-5-8-28-19(14)15/h9,13,17,26H,2-8,10-11,22H2,1H3,(H,23,27)/t13-,17-/m0/s1. The van der Waals surface area contributed by atoms with E-state index in [1.54, 1.807) is 13.0 Å². The third-order valence-electron chi connectivity index (χ3n) is 5.55. The number of Topliss-reactive ketones (excluding diaryl/α,β-unsaturated/α-hetero) is 1. The summed E-state index contributed by atoms with van der Waals surface area (Å²) in [5.74, 6) is 0.430. The van der Waals surface area contributed by atoms with Gasteiger partial charge in [0, 0.05) is 37.4 Å². The maximum atomic E-state index is 12.7. The molecule has 0 saturated carbocycles. The molecule has 1 aromatic rings. The van der Waals surface area contributed by atoms with Gasteiger partial charge in [-0.2, -0.15) is 0 Å². The first-order valence-electron chi connectivity index (χ1n) is 9.78. The van der Waals surface area contributed by atoms with Gasteiger partial charge >= 0.3 is 0 Å². The Labute approximate surface area is 170 Å². The molecule has 2 atom stereocenters. The van der Waals surface area contributed by atoms with Crippen molar-refractivity contribution < 1.29 is 19.4 Å². The number of fused-ring (bicyclic) bond motifs is 1. The van der Waals surface area contributed by atoms with Gasteiger partial charge in [0.25, 0.3) is 5.91 Å². The average molecular weight is 410 g/mol. The van der Waals surface area contributed by atoms with Crippen molar-refractivity contribution in [3.63, 3.8) is 0 Å². The molecule has 2 aliphatic rings. The van der Waals surface area contributed by atoms with Crippen LogP contribution in [-0.2, 0) is 11.2 Å². The van der Waals surface area contributed by atoms with E-state index in [4.69, 9.17) is 22.1 Å². The van der Waals surface area contributed by atoms with Crippen molar-refractivity contribution in [3.05, 3.63) is 22.2 Å². The third kappa shape index (κ3) is 4.77. The molecule has 1 saturated heterocycles. The molecule has 1 amide bonds. The number of carbonyl (C=O) groups is 2. The lowest BCUT2D eigenvalue weighted by atomic mass is 9.93. The number of rotatable bonds is 7. The molecule has 154 valence electrons. The van der Waals surface area contributed by atoms with Gasteiger partial charge in [0.15, 0.2) is 0 Å². The van der Waals surface area contributed by atoms with Gasteiger partial charge in [-0.1, -0.05) is 11.6 Å². The average Bonchev–Trinajstić information content (AvgIpc) is 3.13. The quantitative estimate of drug-likeness (QED) is 0.591. The minimum absolute atomic E-state index is 0.00812. The van der Waals surface area contributed by atoms with E-state index in [0.29, 0.717) is 54.6 Å². The van der Waals surface area contributed by atoms with Crippen LogP contribution >= 0.6 is 11.6 Å². The van der Waals surface area contributed by atoms with E-state index < -0.39 is 6.10 Å². The number of ether oxygens (including phenoxy) is 1. The molecule has 3 rings (SSSR count). The summed E-state index contributed by atoms with van der Waals surface area (Å²) >= 11 is 6.16. The van der Waals surface area contributed by atoms with Crippen LogP contribution in [0.4, 0.5) is 5.69 Å². The van der Waals surface area contributed by atoms with Crippen LogP contribution in [0.15, 0.2) is 6.07 Å². The molecule has 2 aliphatic heterocycles.